The number of benzene rings is 7. The summed E-state index contributed by atoms with van der Waals surface area (Å²) in [7, 11) is 0. The standard InChI is InChI=1S/C57H54N2/c1-39-37-48-47-25-13-14-26-49(47)56(2,3)50(48)38-53(39)59(46-31-29-41(30-32-46)40-17-7-4-8-18-40)52-28-16-20-43-34-36-57(55(43)52)35-33-42-19-15-27-51(54(42)57)58(44-21-9-5-10-22-44)45-23-11-6-12-24-45/h5-6,9-16,19-32,37-38,40H,4,7-8,17-18,33-36H2,1-3H3/t57-/m1/s1. The molecule has 1 saturated carbocycles. The van der Waals surface area contributed by atoms with E-state index in [0.29, 0.717) is 5.92 Å². The van der Waals surface area contributed by atoms with Gasteiger partial charge in [-0.15, -0.1) is 0 Å². The maximum absolute atomic E-state index is 2.66. The molecule has 1 fully saturated rings. The molecule has 4 aliphatic carbocycles. The van der Waals surface area contributed by atoms with Crippen LogP contribution in [-0.4, -0.2) is 0 Å². The fourth-order valence-electron chi connectivity index (χ4n) is 11.9. The summed E-state index contributed by atoms with van der Waals surface area (Å²) in [6.45, 7) is 7.17. The summed E-state index contributed by atoms with van der Waals surface area (Å²) in [5.74, 6) is 0.669. The molecule has 2 heteroatoms. The largest absolute Gasteiger partial charge is 0.310 e. The van der Waals surface area contributed by atoms with Crippen molar-refractivity contribution >= 4 is 34.1 Å². The smallest absolute Gasteiger partial charge is 0.0505 e. The fourth-order valence-corrected chi connectivity index (χ4v) is 11.9. The van der Waals surface area contributed by atoms with E-state index in [4.69, 9.17) is 0 Å². The van der Waals surface area contributed by atoms with Crippen molar-refractivity contribution in [2.24, 2.45) is 0 Å². The Morgan fingerprint density at radius 1 is 0.475 bits per heavy atom. The lowest BCUT2D eigenvalue weighted by Gasteiger charge is -2.38. The van der Waals surface area contributed by atoms with Gasteiger partial charge >= 0.3 is 0 Å². The van der Waals surface area contributed by atoms with E-state index in [9.17, 15) is 0 Å². The van der Waals surface area contributed by atoms with Gasteiger partial charge in [-0.05, 0) is 168 Å². The predicted octanol–water partition coefficient (Wildman–Crippen LogP) is 15.5. The van der Waals surface area contributed by atoms with E-state index in [0.717, 1.165) is 25.7 Å². The third-order valence-corrected chi connectivity index (χ3v) is 14.7. The highest BCUT2D eigenvalue weighted by Gasteiger charge is 2.49. The van der Waals surface area contributed by atoms with Gasteiger partial charge < -0.3 is 9.80 Å². The van der Waals surface area contributed by atoms with E-state index >= 15 is 0 Å². The number of hydrogen-bond acceptors (Lipinski definition) is 2. The number of nitrogens with zero attached hydrogens (tertiary/aromatic N) is 2. The van der Waals surface area contributed by atoms with Crippen molar-refractivity contribution < 1.29 is 0 Å². The molecule has 0 N–H and O–H groups in total. The van der Waals surface area contributed by atoms with Crippen molar-refractivity contribution in [3.05, 3.63) is 202 Å². The Hall–Kier alpha value is -5.86. The molecule has 1 atom stereocenters. The lowest BCUT2D eigenvalue weighted by Crippen LogP contribution is -2.27. The molecule has 292 valence electrons. The summed E-state index contributed by atoms with van der Waals surface area (Å²) < 4.78 is 0. The molecule has 2 nitrogen and oxygen atoms in total. The Kier molecular flexibility index (Phi) is 8.70. The van der Waals surface area contributed by atoms with Crippen molar-refractivity contribution in [2.75, 3.05) is 9.80 Å². The number of hydrogen-bond donors (Lipinski definition) is 0. The Labute approximate surface area is 351 Å². The van der Waals surface area contributed by atoms with Crippen LogP contribution in [0.5, 0.6) is 0 Å². The van der Waals surface area contributed by atoms with Crippen LogP contribution in [0, 0.1) is 6.92 Å². The number of aryl methyl sites for hydroxylation is 3. The first-order chi connectivity index (χ1) is 28.9. The van der Waals surface area contributed by atoms with E-state index in [1.165, 1.54) is 122 Å². The highest BCUT2D eigenvalue weighted by atomic mass is 15.2. The monoisotopic (exact) mass is 766 g/mol. The number of rotatable bonds is 7. The molecule has 11 rings (SSSR count). The van der Waals surface area contributed by atoms with Crippen LogP contribution in [0.3, 0.4) is 0 Å². The van der Waals surface area contributed by atoms with E-state index in [1.54, 1.807) is 0 Å². The van der Waals surface area contributed by atoms with Gasteiger partial charge in [-0.25, -0.2) is 0 Å². The van der Waals surface area contributed by atoms with Crippen molar-refractivity contribution in [3.63, 3.8) is 0 Å². The van der Waals surface area contributed by atoms with Gasteiger partial charge in [0.15, 0.2) is 0 Å². The third kappa shape index (κ3) is 5.74. The topological polar surface area (TPSA) is 6.48 Å². The summed E-state index contributed by atoms with van der Waals surface area (Å²) in [5.41, 5.74) is 21.7. The zero-order valence-corrected chi connectivity index (χ0v) is 34.8. The Bertz CT molecular complexity index is 2640. The van der Waals surface area contributed by atoms with Crippen LogP contribution in [0.15, 0.2) is 158 Å². The maximum atomic E-state index is 2.66. The van der Waals surface area contributed by atoms with Crippen LogP contribution in [0.4, 0.5) is 34.1 Å². The van der Waals surface area contributed by atoms with E-state index in [2.05, 4.69) is 188 Å². The molecule has 0 aliphatic heterocycles. The lowest BCUT2D eigenvalue weighted by atomic mass is 9.74. The van der Waals surface area contributed by atoms with Gasteiger partial charge in [0.1, 0.15) is 0 Å². The summed E-state index contributed by atoms with van der Waals surface area (Å²) >= 11 is 0. The quantitative estimate of drug-likeness (QED) is 0.159. The summed E-state index contributed by atoms with van der Waals surface area (Å²) in [6.07, 6.45) is 11.1. The van der Waals surface area contributed by atoms with Crippen LogP contribution >= 0.6 is 0 Å². The summed E-state index contributed by atoms with van der Waals surface area (Å²) in [4.78, 5) is 5.18. The molecule has 0 bridgehead atoms. The normalized spacial score (nSPS) is 18.6. The molecule has 7 aromatic carbocycles. The highest BCUT2D eigenvalue weighted by Crippen LogP contribution is 2.60. The molecule has 4 aliphatic rings. The van der Waals surface area contributed by atoms with Crippen molar-refractivity contribution in [2.45, 2.75) is 95.3 Å². The Morgan fingerprint density at radius 2 is 1.03 bits per heavy atom. The van der Waals surface area contributed by atoms with Gasteiger partial charge in [0.05, 0.1) is 11.4 Å². The van der Waals surface area contributed by atoms with E-state index in [1.807, 2.05) is 0 Å². The van der Waals surface area contributed by atoms with Gasteiger partial charge in [-0.3, -0.25) is 0 Å². The molecule has 0 aromatic heterocycles. The molecular formula is C57H54N2. The SMILES string of the molecule is Cc1cc2c(cc1N(c1ccc(C3CCCCC3)cc1)c1cccc3c1[C@]1(CCc4cccc(N(c5ccccc5)c5ccccc5)c41)CC3)C(C)(C)c1ccccc1-2. The molecule has 1 spiro atoms. The van der Waals surface area contributed by atoms with Gasteiger partial charge in [0, 0.05) is 33.6 Å². The van der Waals surface area contributed by atoms with Crippen molar-refractivity contribution in [1.29, 1.82) is 0 Å². The average Bonchev–Trinajstić information content (AvgIpc) is 3.93. The third-order valence-electron chi connectivity index (χ3n) is 14.7. The summed E-state index contributed by atoms with van der Waals surface area (Å²) in [6, 6.07) is 60.2. The average molecular weight is 767 g/mol. The minimum atomic E-state index is -0.125. The summed E-state index contributed by atoms with van der Waals surface area (Å²) in [5, 5.41) is 0. The van der Waals surface area contributed by atoms with Crippen LogP contribution < -0.4 is 9.80 Å². The first kappa shape index (κ1) is 36.2. The number of anilines is 6. The zero-order chi connectivity index (χ0) is 39.7. The van der Waals surface area contributed by atoms with Crippen LogP contribution in [0.25, 0.3) is 11.1 Å². The molecule has 7 aromatic rings. The predicted molar refractivity (Wildman–Crippen MR) is 248 cm³/mol. The van der Waals surface area contributed by atoms with Gasteiger partial charge in [0.2, 0.25) is 0 Å². The molecule has 0 saturated heterocycles. The number of para-hydroxylation sites is 2. The van der Waals surface area contributed by atoms with Crippen molar-refractivity contribution in [1.82, 2.24) is 0 Å². The first-order valence-electron chi connectivity index (χ1n) is 22.2. The molecule has 59 heavy (non-hydrogen) atoms. The van der Waals surface area contributed by atoms with Crippen LogP contribution in [-0.2, 0) is 23.7 Å². The second kappa shape index (κ2) is 14.2. The maximum Gasteiger partial charge on any atom is 0.0505 e. The van der Waals surface area contributed by atoms with Gasteiger partial charge in [-0.1, -0.05) is 130 Å². The van der Waals surface area contributed by atoms with Gasteiger partial charge in [-0.2, -0.15) is 0 Å². The highest BCUT2D eigenvalue weighted by molar-refractivity contribution is 5.90. The lowest BCUT2D eigenvalue weighted by molar-refractivity contribution is 0.443. The first-order valence-corrected chi connectivity index (χ1v) is 22.2. The Balaban J connectivity index is 1.13. The molecule has 0 unspecified atom stereocenters. The Morgan fingerprint density at radius 3 is 1.66 bits per heavy atom. The minimum Gasteiger partial charge on any atom is -0.310 e. The van der Waals surface area contributed by atoms with E-state index in [-0.39, 0.29) is 10.8 Å². The molecule has 0 amide bonds. The number of fused-ring (bicyclic) bond motifs is 7. The fraction of sp³-hybridized carbons (Fsp3) is 0.263. The molecule has 0 radical (unpaired) electrons. The molecule has 0 heterocycles. The van der Waals surface area contributed by atoms with Crippen LogP contribution in [0.1, 0.15) is 109 Å². The van der Waals surface area contributed by atoms with Gasteiger partial charge in [0.25, 0.3) is 0 Å². The zero-order valence-electron chi connectivity index (χ0n) is 34.8. The van der Waals surface area contributed by atoms with Crippen molar-refractivity contribution in [3.8, 4) is 11.1 Å². The van der Waals surface area contributed by atoms with Crippen LogP contribution in [0.2, 0.25) is 0 Å². The van der Waals surface area contributed by atoms with E-state index < -0.39 is 0 Å². The minimum absolute atomic E-state index is 0.0949. The second-order valence-electron chi connectivity index (χ2n) is 18.3. The second-order valence-corrected chi connectivity index (χ2v) is 18.3. The molecular weight excluding hydrogens is 713 g/mol.